The number of nitrogens with zero attached hydrogens (tertiary/aromatic N) is 2. The van der Waals surface area contributed by atoms with Crippen LogP contribution >= 0.6 is 0 Å². The Morgan fingerprint density at radius 2 is 1.79 bits per heavy atom. The Balaban J connectivity index is 1.78. The summed E-state index contributed by atoms with van der Waals surface area (Å²) in [6, 6.07) is 2.79. The second-order valence-electron chi connectivity index (χ2n) is 6.98. The van der Waals surface area contributed by atoms with Crippen molar-refractivity contribution in [1.82, 2.24) is 9.21 Å². The van der Waals surface area contributed by atoms with Gasteiger partial charge >= 0.3 is 5.97 Å². The van der Waals surface area contributed by atoms with Gasteiger partial charge in [-0.2, -0.15) is 4.31 Å². The van der Waals surface area contributed by atoms with Crippen molar-refractivity contribution in [1.29, 1.82) is 0 Å². The van der Waals surface area contributed by atoms with Crippen molar-refractivity contribution in [2.24, 2.45) is 0 Å². The third-order valence-electron chi connectivity index (χ3n) is 4.88. The van der Waals surface area contributed by atoms with Gasteiger partial charge in [0, 0.05) is 26.2 Å². The largest absolute Gasteiger partial charge is 0.465 e. The molecule has 0 radical (unpaired) electrons. The van der Waals surface area contributed by atoms with Gasteiger partial charge in [-0.1, -0.05) is 0 Å². The molecule has 2 aromatic rings. The quantitative estimate of drug-likeness (QED) is 0.655. The first-order valence-electron chi connectivity index (χ1n) is 9.18. The molecule has 29 heavy (non-hydrogen) atoms. The maximum atomic E-state index is 12.8. The van der Waals surface area contributed by atoms with Crippen molar-refractivity contribution in [2.45, 2.75) is 38.1 Å². The highest BCUT2D eigenvalue weighted by molar-refractivity contribution is 7.89. The van der Waals surface area contributed by atoms with Crippen molar-refractivity contribution in [3.8, 4) is 0 Å². The van der Waals surface area contributed by atoms with E-state index in [4.69, 9.17) is 8.83 Å². The number of amides is 1. The van der Waals surface area contributed by atoms with Crippen LogP contribution in [0.1, 0.15) is 51.0 Å². The summed E-state index contributed by atoms with van der Waals surface area (Å²) in [6.07, 6.45) is 1.64. The summed E-state index contributed by atoms with van der Waals surface area (Å²) in [5, 5.41) is 0. The molecule has 0 atom stereocenters. The summed E-state index contributed by atoms with van der Waals surface area (Å²) in [5.41, 5.74) is 0.288. The Morgan fingerprint density at radius 3 is 2.41 bits per heavy atom. The van der Waals surface area contributed by atoms with Crippen molar-refractivity contribution < 1.29 is 31.6 Å². The minimum atomic E-state index is -3.68. The molecule has 158 valence electrons. The Morgan fingerprint density at radius 1 is 1.14 bits per heavy atom. The number of aryl methyl sites for hydroxylation is 2. The van der Waals surface area contributed by atoms with Crippen LogP contribution < -0.4 is 0 Å². The first kappa shape index (κ1) is 21.1. The predicted octanol–water partition coefficient (Wildman–Crippen LogP) is 2.33. The standard InChI is InChI=1S/C19H24N2O7S/c1-12-15(19(23)26-4)9-14(27-12)11-20(3)18(22)16-10-17(13(2)28-16)29(24,25)21-7-5-6-8-21/h9-10H,5-8,11H2,1-4H3. The highest BCUT2D eigenvalue weighted by Crippen LogP contribution is 2.27. The smallest absolute Gasteiger partial charge is 0.341 e. The van der Waals surface area contributed by atoms with Crippen LogP contribution in [0.3, 0.4) is 0 Å². The highest BCUT2D eigenvalue weighted by Gasteiger charge is 2.32. The Kier molecular flexibility index (Phi) is 5.85. The van der Waals surface area contributed by atoms with Gasteiger partial charge in [0.05, 0.1) is 13.7 Å². The van der Waals surface area contributed by atoms with Gasteiger partial charge in [-0.3, -0.25) is 4.79 Å². The number of esters is 1. The second-order valence-corrected chi connectivity index (χ2v) is 8.88. The molecule has 0 saturated carbocycles. The monoisotopic (exact) mass is 424 g/mol. The van der Waals surface area contributed by atoms with Gasteiger partial charge in [0.2, 0.25) is 10.0 Å². The van der Waals surface area contributed by atoms with Crippen LogP contribution in [0.25, 0.3) is 0 Å². The van der Waals surface area contributed by atoms with E-state index in [0.717, 1.165) is 12.8 Å². The van der Waals surface area contributed by atoms with E-state index in [0.29, 0.717) is 24.6 Å². The molecular formula is C19H24N2O7S. The van der Waals surface area contributed by atoms with Crippen LogP contribution in [0.15, 0.2) is 25.9 Å². The van der Waals surface area contributed by atoms with E-state index in [1.165, 1.54) is 42.4 Å². The molecule has 10 heteroatoms. The SMILES string of the molecule is COC(=O)c1cc(CN(C)C(=O)c2cc(S(=O)(=O)N3CCCC3)c(C)o2)oc1C. The summed E-state index contributed by atoms with van der Waals surface area (Å²) >= 11 is 0. The third kappa shape index (κ3) is 4.08. The summed E-state index contributed by atoms with van der Waals surface area (Å²) in [7, 11) is -0.875. The summed E-state index contributed by atoms with van der Waals surface area (Å²) in [6.45, 7) is 4.17. The molecule has 0 aliphatic carbocycles. The Labute approximate surface area is 169 Å². The van der Waals surface area contributed by atoms with Crippen molar-refractivity contribution in [3.05, 3.63) is 40.7 Å². The molecule has 3 heterocycles. The van der Waals surface area contributed by atoms with E-state index >= 15 is 0 Å². The van der Waals surface area contributed by atoms with E-state index in [2.05, 4.69) is 4.74 Å². The zero-order chi connectivity index (χ0) is 21.3. The fraction of sp³-hybridized carbons (Fsp3) is 0.474. The maximum absolute atomic E-state index is 12.8. The lowest BCUT2D eigenvalue weighted by Crippen LogP contribution is -2.28. The van der Waals surface area contributed by atoms with Gasteiger partial charge in [-0.15, -0.1) is 0 Å². The number of sulfonamides is 1. The van der Waals surface area contributed by atoms with Crippen molar-refractivity contribution in [3.63, 3.8) is 0 Å². The van der Waals surface area contributed by atoms with Crippen molar-refractivity contribution >= 4 is 21.9 Å². The van der Waals surface area contributed by atoms with Crippen molar-refractivity contribution in [2.75, 3.05) is 27.2 Å². The maximum Gasteiger partial charge on any atom is 0.341 e. The Bertz CT molecular complexity index is 1030. The molecular weight excluding hydrogens is 400 g/mol. The molecule has 0 N–H and O–H groups in total. The molecule has 1 fully saturated rings. The molecule has 0 aromatic carbocycles. The number of methoxy groups -OCH3 is 1. The number of furan rings is 2. The van der Waals surface area contributed by atoms with E-state index in [1.54, 1.807) is 6.92 Å². The zero-order valence-electron chi connectivity index (χ0n) is 16.9. The third-order valence-corrected chi connectivity index (χ3v) is 6.89. The topological polar surface area (TPSA) is 110 Å². The van der Waals surface area contributed by atoms with Gasteiger partial charge in [-0.05, 0) is 32.8 Å². The molecule has 9 nitrogen and oxygen atoms in total. The molecule has 0 unspecified atom stereocenters. The number of rotatable bonds is 6. The lowest BCUT2D eigenvalue weighted by atomic mass is 10.2. The van der Waals surface area contributed by atoms with Crippen LogP contribution in [0.2, 0.25) is 0 Å². The number of hydrogen-bond donors (Lipinski definition) is 0. The van der Waals surface area contributed by atoms with Gasteiger partial charge in [0.25, 0.3) is 5.91 Å². The van der Waals surface area contributed by atoms with E-state index in [9.17, 15) is 18.0 Å². The molecule has 1 saturated heterocycles. The molecule has 1 aliphatic rings. The van der Waals surface area contributed by atoms with E-state index in [-0.39, 0.29) is 28.5 Å². The van der Waals surface area contributed by atoms with Gasteiger partial charge in [0.15, 0.2) is 5.76 Å². The van der Waals surface area contributed by atoms with Crippen LogP contribution in [0.5, 0.6) is 0 Å². The average molecular weight is 424 g/mol. The number of carbonyl (C=O) groups excluding carboxylic acids is 2. The minimum absolute atomic E-state index is 0.0120. The summed E-state index contributed by atoms with van der Waals surface area (Å²) in [5.74, 6) is -0.128. The molecule has 0 spiro atoms. The number of ether oxygens (including phenoxy) is 1. The average Bonchev–Trinajstić information content (AvgIpc) is 3.40. The lowest BCUT2D eigenvalue weighted by Gasteiger charge is -2.14. The fourth-order valence-electron chi connectivity index (χ4n) is 3.32. The van der Waals surface area contributed by atoms with Gasteiger partial charge in [0.1, 0.15) is 27.7 Å². The highest BCUT2D eigenvalue weighted by atomic mass is 32.2. The summed E-state index contributed by atoms with van der Waals surface area (Å²) in [4.78, 5) is 25.8. The number of carbonyl (C=O) groups is 2. The van der Waals surface area contributed by atoms with Crippen LogP contribution in [-0.2, 0) is 21.3 Å². The second kappa shape index (κ2) is 8.03. The van der Waals surface area contributed by atoms with Crippen LogP contribution in [-0.4, -0.2) is 56.7 Å². The zero-order valence-corrected chi connectivity index (χ0v) is 17.7. The van der Waals surface area contributed by atoms with E-state index < -0.39 is 21.9 Å². The molecule has 1 amide bonds. The minimum Gasteiger partial charge on any atom is -0.465 e. The van der Waals surface area contributed by atoms with Gasteiger partial charge < -0.3 is 18.5 Å². The molecule has 3 rings (SSSR count). The van der Waals surface area contributed by atoms with Crippen LogP contribution in [0.4, 0.5) is 0 Å². The molecule has 2 aromatic heterocycles. The predicted molar refractivity (Wildman–Crippen MR) is 102 cm³/mol. The number of hydrogen-bond acceptors (Lipinski definition) is 7. The first-order chi connectivity index (χ1) is 13.6. The molecule has 1 aliphatic heterocycles. The van der Waals surface area contributed by atoms with E-state index in [1.807, 2.05) is 0 Å². The Hall–Kier alpha value is -2.59. The first-order valence-corrected chi connectivity index (χ1v) is 10.6. The lowest BCUT2D eigenvalue weighted by molar-refractivity contribution is 0.0598. The molecule has 0 bridgehead atoms. The normalized spacial score (nSPS) is 14.9. The summed E-state index contributed by atoms with van der Waals surface area (Å²) < 4.78 is 42.6. The van der Waals surface area contributed by atoms with Gasteiger partial charge in [-0.25, -0.2) is 13.2 Å². The van der Waals surface area contributed by atoms with Crippen LogP contribution in [0, 0.1) is 13.8 Å². The fourth-order valence-corrected chi connectivity index (χ4v) is 5.00.